The van der Waals surface area contributed by atoms with Crippen LogP contribution in [-0.4, -0.2) is 11.5 Å². The molecule has 2 aromatic rings. The lowest BCUT2D eigenvalue weighted by Gasteiger charge is -2.37. The smallest absolute Gasteiger partial charge is 0.113 e. The summed E-state index contributed by atoms with van der Waals surface area (Å²) in [5.41, 5.74) is 4.08. The van der Waals surface area contributed by atoms with Gasteiger partial charge in [0, 0.05) is 15.5 Å². The number of nitrogens with zero attached hydrogens (tertiary/aromatic N) is 1. The second-order valence-corrected chi connectivity index (χ2v) is 7.27. The number of hydrogen-bond donors (Lipinski definition) is 1. The Kier molecular flexibility index (Phi) is 3.98. The fourth-order valence-electron chi connectivity index (χ4n) is 3.08. The van der Waals surface area contributed by atoms with E-state index in [1.54, 1.807) is 11.3 Å². The SMILES string of the molecule is CCNC1(c2nc(C)cs2)CCc2cc(Br)ccc2C1. The van der Waals surface area contributed by atoms with E-state index in [0.29, 0.717) is 0 Å². The summed E-state index contributed by atoms with van der Waals surface area (Å²) in [6, 6.07) is 6.66. The van der Waals surface area contributed by atoms with Crippen molar-refractivity contribution in [1.82, 2.24) is 10.3 Å². The van der Waals surface area contributed by atoms with E-state index >= 15 is 0 Å². The Labute approximate surface area is 132 Å². The molecule has 1 aliphatic carbocycles. The molecule has 0 bridgehead atoms. The van der Waals surface area contributed by atoms with Crippen LogP contribution in [0.4, 0.5) is 0 Å². The van der Waals surface area contributed by atoms with Crippen LogP contribution in [0.2, 0.25) is 0 Å². The van der Waals surface area contributed by atoms with Gasteiger partial charge in [-0.15, -0.1) is 11.3 Å². The predicted octanol–water partition coefficient (Wildman–Crippen LogP) is 4.21. The van der Waals surface area contributed by atoms with Gasteiger partial charge in [0.1, 0.15) is 5.01 Å². The molecule has 0 fully saturated rings. The van der Waals surface area contributed by atoms with Crippen molar-refractivity contribution in [2.75, 3.05) is 6.54 Å². The third-order valence-electron chi connectivity index (χ3n) is 4.03. The molecule has 0 amide bonds. The minimum Gasteiger partial charge on any atom is -0.305 e. The van der Waals surface area contributed by atoms with E-state index < -0.39 is 0 Å². The molecule has 106 valence electrons. The van der Waals surface area contributed by atoms with Crippen LogP contribution in [0.3, 0.4) is 0 Å². The molecular formula is C16H19BrN2S. The zero-order valence-corrected chi connectivity index (χ0v) is 14.3. The molecule has 1 aliphatic rings. The molecule has 3 rings (SSSR count). The van der Waals surface area contributed by atoms with Gasteiger partial charge >= 0.3 is 0 Å². The first kappa shape index (κ1) is 14.2. The van der Waals surface area contributed by atoms with Crippen LogP contribution in [0, 0.1) is 6.92 Å². The molecule has 4 heteroatoms. The van der Waals surface area contributed by atoms with Gasteiger partial charge in [0.2, 0.25) is 0 Å². The van der Waals surface area contributed by atoms with Crippen LogP contribution in [0.15, 0.2) is 28.1 Å². The van der Waals surface area contributed by atoms with Crippen molar-refractivity contribution in [2.45, 2.75) is 38.6 Å². The molecule has 0 saturated heterocycles. The van der Waals surface area contributed by atoms with Crippen LogP contribution >= 0.6 is 27.3 Å². The minimum absolute atomic E-state index is 0.0223. The maximum absolute atomic E-state index is 4.76. The van der Waals surface area contributed by atoms with Crippen molar-refractivity contribution in [3.63, 3.8) is 0 Å². The standard InChI is InChI=1S/C16H19BrN2S/c1-3-18-16(15-19-11(2)10-20-15)7-6-12-8-14(17)5-4-13(12)9-16/h4-5,8,10,18H,3,6-7,9H2,1-2H3. The average molecular weight is 351 g/mol. The fourth-order valence-corrected chi connectivity index (χ4v) is 4.49. The first-order valence-corrected chi connectivity index (χ1v) is 8.75. The number of halogens is 1. The topological polar surface area (TPSA) is 24.9 Å². The highest BCUT2D eigenvalue weighted by molar-refractivity contribution is 9.10. The first-order chi connectivity index (χ1) is 9.63. The third-order valence-corrected chi connectivity index (χ3v) is 5.68. The lowest BCUT2D eigenvalue weighted by atomic mass is 9.78. The molecule has 1 heterocycles. The quantitative estimate of drug-likeness (QED) is 0.896. The lowest BCUT2D eigenvalue weighted by molar-refractivity contribution is 0.296. The molecule has 0 radical (unpaired) electrons. The average Bonchev–Trinajstić information content (AvgIpc) is 2.87. The maximum atomic E-state index is 4.76. The van der Waals surface area contributed by atoms with Gasteiger partial charge in [-0.1, -0.05) is 28.9 Å². The summed E-state index contributed by atoms with van der Waals surface area (Å²) in [6.07, 6.45) is 3.27. The number of fused-ring (bicyclic) bond motifs is 1. The predicted molar refractivity (Wildman–Crippen MR) is 88.4 cm³/mol. The van der Waals surface area contributed by atoms with Crippen molar-refractivity contribution < 1.29 is 0 Å². The number of benzene rings is 1. The van der Waals surface area contributed by atoms with Crippen molar-refractivity contribution in [3.05, 3.63) is 49.9 Å². The Hall–Kier alpha value is -0.710. The normalized spacial score (nSPS) is 21.8. The zero-order valence-electron chi connectivity index (χ0n) is 11.9. The number of aromatic nitrogens is 1. The van der Waals surface area contributed by atoms with Crippen LogP contribution in [0.1, 0.15) is 35.2 Å². The van der Waals surface area contributed by atoms with Gasteiger partial charge < -0.3 is 5.32 Å². The zero-order chi connectivity index (χ0) is 14.2. The van der Waals surface area contributed by atoms with E-state index in [2.05, 4.69) is 58.7 Å². The van der Waals surface area contributed by atoms with E-state index in [-0.39, 0.29) is 5.54 Å². The third kappa shape index (κ3) is 2.57. The molecule has 1 aromatic carbocycles. The molecule has 1 aromatic heterocycles. The Morgan fingerprint density at radius 2 is 2.25 bits per heavy atom. The van der Waals surface area contributed by atoms with E-state index in [1.807, 2.05) is 0 Å². The van der Waals surface area contributed by atoms with Crippen LogP contribution in [0.5, 0.6) is 0 Å². The van der Waals surface area contributed by atoms with Crippen molar-refractivity contribution in [1.29, 1.82) is 0 Å². The summed E-state index contributed by atoms with van der Waals surface area (Å²) in [6.45, 7) is 5.23. The lowest BCUT2D eigenvalue weighted by Crippen LogP contribution is -2.46. The molecule has 0 spiro atoms. The summed E-state index contributed by atoms with van der Waals surface area (Å²) >= 11 is 5.36. The van der Waals surface area contributed by atoms with E-state index in [0.717, 1.165) is 31.5 Å². The van der Waals surface area contributed by atoms with Gasteiger partial charge in [-0.25, -0.2) is 4.98 Å². The van der Waals surface area contributed by atoms with Crippen molar-refractivity contribution in [2.24, 2.45) is 0 Å². The van der Waals surface area contributed by atoms with Crippen molar-refractivity contribution >= 4 is 27.3 Å². The summed E-state index contributed by atoms with van der Waals surface area (Å²) in [4.78, 5) is 4.76. The van der Waals surface area contributed by atoms with Gasteiger partial charge in [-0.2, -0.15) is 0 Å². The number of rotatable bonds is 3. The number of thiazole rings is 1. The Morgan fingerprint density at radius 1 is 1.40 bits per heavy atom. The van der Waals surface area contributed by atoms with Gasteiger partial charge in [0.25, 0.3) is 0 Å². The second-order valence-electron chi connectivity index (χ2n) is 5.50. The molecular weight excluding hydrogens is 332 g/mol. The van der Waals surface area contributed by atoms with Gasteiger partial charge in [0.15, 0.2) is 0 Å². The number of nitrogens with one attached hydrogen (secondary N) is 1. The van der Waals surface area contributed by atoms with E-state index in [4.69, 9.17) is 4.98 Å². The Morgan fingerprint density at radius 3 is 2.95 bits per heavy atom. The van der Waals surface area contributed by atoms with Crippen LogP contribution < -0.4 is 5.32 Å². The van der Waals surface area contributed by atoms with Crippen molar-refractivity contribution in [3.8, 4) is 0 Å². The maximum Gasteiger partial charge on any atom is 0.113 e. The van der Waals surface area contributed by atoms with Gasteiger partial charge in [-0.05, 0) is 56.0 Å². The summed E-state index contributed by atoms with van der Waals surface area (Å²) in [7, 11) is 0. The van der Waals surface area contributed by atoms with E-state index in [9.17, 15) is 0 Å². The molecule has 20 heavy (non-hydrogen) atoms. The monoisotopic (exact) mass is 350 g/mol. The Bertz CT molecular complexity index is 623. The van der Waals surface area contributed by atoms with Gasteiger partial charge in [0.05, 0.1) is 5.54 Å². The summed E-state index contributed by atoms with van der Waals surface area (Å²) in [5.74, 6) is 0. The molecule has 1 N–H and O–H groups in total. The molecule has 1 atom stereocenters. The molecule has 0 aliphatic heterocycles. The first-order valence-electron chi connectivity index (χ1n) is 7.08. The molecule has 2 nitrogen and oxygen atoms in total. The van der Waals surface area contributed by atoms with E-state index in [1.165, 1.54) is 20.6 Å². The number of likely N-dealkylation sites (N-methyl/N-ethyl adjacent to an activating group) is 1. The molecule has 0 saturated carbocycles. The largest absolute Gasteiger partial charge is 0.305 e. The fraction of sp³-hybridized carbons (Fsp3) is 0.438. The Balaban J connectivity index is 1.99. The highest BCUT2D eigenvalue weighted by atomic mass is 79.9. The van der Waals surface area contributed by atoms with Crippen LogP contribution in [-0.2, 0) is 18.4 Å². The highest BCUT2D eigenvalue weighted by Crippen LogP contribution is 2.38. The second kappa shape index (κ2) is 5.58. The summed E-state index contributed by atoms with van der Waals surface area (Å²) in [5, 5.41) is 7.12. The highest BCUT2D eigenvalue weighted by Gasteiger charge is 2.37. The summed E-state index contributed by atoms with van der Waals surface area (Å²) < 4.78 is 1.18. The molecule has 1 unspecified atom stereocenters. The minimum atomic E-state index is 0.0223. The number of hydrogen-bond acceptors (Lipinski definition) is 3. The number of aryl methyl sites for hydroxylation is 2. The van der Waals surface area contributed by atoms with Crippen LogP contribution in [0.25, 0.3) is 0 Å². The van der Waals surface area contributed by atoms with Gasteiger partial charge in [-0.3, -0.25) is 0 Å².